The van der Waals surface area contributed by atoms with Crippen molar-refractivity contribution in [1.82, 2.24) is 4.90 Å². The highest BCUT2D eigenvalue weighted by Crippen LogP contribution is 2.65. The molecule has 4 fully saturated rings. The van der Waals surface area contributed by atoms with Crippen molar-refractivity contribution in [2.45, 2.75) is 56.7 Å². The van der Waals surface area contributed by atoms with E-state index in [1.54, 1.807) is 0 Å². The van der Waals surface area contributed by atoms with Gasteiger partial charge in [-0.3, -0.25) is 4.90 Å². The highest BCUT2D eigenvalue weighted by atomic mass is 35.5. The van der Waals surface area contributed by atoms with E-state index in [0.717, 1.165) is 45.2 Å². The van der Waals surface area contributed by atoms with Crippen molar-refractivity contribution < 1.29 is 14.6 Å². The largest absolute Gasteiger partial charge is 0.459 e. The van der Waals surface area contributed by atoms with Gasteiger partial charge in [0.05, 0.1) is 6.00 Å². The average Bonchev–Trinajstić information content (AvgIpc) is 3.23. The minimum absolute atomic E-state index is 0.0575. The predicted octanol–water partition coefficient (Wildman–Crippen LogP) is 3.90. The molecule has 1 aromatic carbocycles. The Bertz CT molecular complexity index is 731. The Balaban J connectivity index is 1.41. The molecule has 0 radical (unpaired) electrons. The summed E-state index contributed by atoms with van der Waals surface area (Å²) in [6.45, 7) is 1.80. The highest BCUT2D eigenvalue weighted by molar-refractivity contribution is 6.17. The van der Waals surface area contributed by atoms with Crippen LogP contribution >= 0.6 is 11.6 Å². The molecular weight excluding hydrogens is 374 g/mol. The minimum Gasteiger partial charge on any atom is -0.459 e. The van der Waals surface area contributed by atoms with Crippen LogP contribution in [0.1, 0.15) is 50.5 Å². The Hall–Kier alpha value is -1.10. The Morgan fingerprint density at radius 1 is 1.21 bits per heavy atom. The van der Waals surface area contributed by atoms with Gasteiger partial charge >= 0.3 is 5.97 Å². The van der Waals surface area contributed by atoms with Crippen LogP contribution in [0.4, 0.5) is 0 Å². The summed E-state index contributed by atoms with van der Waals surface area (Å²) in [6.07, 6.45) is 7.42. The van der Waals surface area contributed by atoms with Crippen LogP contribution < -0.4 is 0 Å². The zero-order valence-electron chi connectivity index (χ0n) is 16.4. The molecule has 1 heterocycles. The van der Waals surface area contributed by atoms with Crippen LogP contribution in [0.15, 0.2) is 30.3 Å². The van der Waals surface area contributed by atoms with E-state index in [-0.39, 0.29) is 12.0 Å². The summed E-state index contributed by atoms with van der Waals surface area (Å²) in [7, 11) is 0. The highest BCUT2D eigenvalue weighted by Gasteiger charge is 2.64. The van der Waals surface area contributed by atoms with Crippen LogP contribution in [0.3, 0.4) is 0 Å². The number of hydrogen-bond acceptors (Lipinski definition) is 4. The second-order valence-corrected chi connectivity index (χ2v) is 9.81. The smallest absolute Gasteiger partial charge is 0.343 e. The number of carbonyl (C=O) groups excluding carboxylic acids is 1. The first-order valence-electron chi connectivity index (χ1n) is 10.8. The average molecular weight is 404 g/mol. The molecule has 0 amide bonds. The maximum Gasteiger partial charge on any atom is 0.343 e. The van der Waals surface area contributed by atoms with Crippen molar-refractivity contribution in [2.75, 3.05) is 19.1 Å². The van der Waals surface area contributed by atoms with Crippen molar-refractivity contribution in [3.8, 4) is 0 Å². The van der Waals surface area contributed by atoms with E-state index < -0.39 is 11.6 Å². The molecule has 4 unspecified atom stereocenters. The number of likely N-dealkylation sites (tertiary alicyclic amines) is 1. The molecule has 1 saturated heterocycles. The molecule has 28 heavy (non-hydrogen) atoms. The van der Waals surface area contributed by atoms with E-state index in [9.17, 15) is 9.90 Å². The summed E-state index contributed by atoms with van der Waals surface area (Å²) in [5.41, 5.74) is -0.495. The maximum absolute atomic E-state index is 13.5. The number of piperidine rings is 1. The van der Waals surface area contributed by atoms with E-state index in [0.29, 0.717) is 28.8 Å². The van der Waals surface area contributed by atoms with Gasteiger partial charge in [0.2, 0.25) is 0 Å². The second-order valence-electron chi connectivity index (χ2n) is 9.57. The first kappa shape index (κ1) is 18.9. The van der Waals surface area contributed by atoms with Crippen LogP contribution in [0.25, 0.3) is 0 Å². The Morgan fingerprint density at radius 2 is 1.93 bits per heavy atom. The predicted molar refractivity (Wildman–Crippen MR) is 108 cm³/mol. The molecule has 5 rings (SSSR count). The lowest BCUT2D eigenvalue weighted by molar-refractivity contribution is -0.186. The van der Waals surface area contributed by atoms with Crippen LogP contribution in [0, 0.1) is 23.2 Å². The lowest BCUT2D eigenvalue weighted by atomic mass is 9.80. The third kappa shape index (κ3) is 2.91. The van der Waals surface area contributed by atoms with Gasteiger partial charge in [-0.2, -0.15) is 0 Å². The van der Waals surface area contributed by atoms with Crippen LogP contribution in [-0.4, -0.2) is 41.2 Å². The molecule has 152 valence electrons. The number of alkyl halides is 1. The van der Waals surface area contributed by atoms with Gasteiger partial charge in [0.15, 0.2) is 5.60 Å². The van der Waals surface area contributed by atoms with Gasteiger partial charge in [-0.05, 0) is 43.1 Å². The number of ether oxygens (including phenoxy) is 1. The zero-order chi connectivity index (χ0) is 19.4. The number of hydrogen-bond donors (Lipinski definition) is 1. The summed E-state index contributed by atoms with van der Waals surface area (Å²) in [4.78, 5) is 15.8. The van der Waals surface area contributed by atoms with Crippen molar-refractivity contribution >= 4 is 17.6 Å². The molecule has 4 aliphatic rings. The third-order valence-electron chi connectivity index (χ3n) is 8.04. The fraction of sp³-hybridized carbons (Fsp3) is 0.696. The van der Waals surface area contributed by atoms with Gasteiger partial charge in [0.1, 0.15) is 6.10 Å². The first-order chi connectivity index (χ1) is 13.6. The molecular formula is C23H30ClNO3. The van der Waals surface area contributed by atoms with Gasteiger partial charge < -0.3 is 9.84 Å². The summed E-state index contributed by atoms with van der Waals surface area (Å²) < 4.78 is 6.22. The summed E-state index contributed by atoms with van der Waals surface area (Å²) in [5, 5.41) is 11.7. The van der Waals surface area contributed by atoms with Gasteiger partial charge in [-0.25, -0.2) is 4.79 Å². The molecule has 1 aliphatic heterocycles. The van der Waals surface area contributed by atoms with Gasteiger partial charge in [-0.15, -0.1) is 11.6 Å². The van der Waals surface area contributed by atoms with E-state index in [1.165, 1.54) is 12.8 Å². The van der Waals surface area contributed by atoms with Crippen molar-refractivity contribution in [3.63, 3.8) is 0 Å². The molecule has 4 atom stereocenters. The van der Waals surface area contributed by atoms with Crippen molar-refractivity contribution in [1.29, 1.82) is 0 Å². The van der Waals surface area contributed by atoms with E-state index in [1.807, 2.05) is 30.3 Å². The molecule has 1 N–H and O–H groups in total. The number of rotatable bonds is 5. The molecule has 3 aliphatic carbocycles. The maximum atomic E-state index is 13.5. The summed E-state index contributed by atoms with van der Waals surface area (Å²) >= 11 is 6.12. The molecule has 2 bridgehead atoms. The quantitative estimate of drug-likeness (QED) is 0.460. The fourth-order valence-corrected chi connectivity index (χ4v) is 6.59. The molecule has 5 heteroatoms. The Morgan fingerprint density at radius 3 is 2.57 bits per heavy atom. The van der Waals surface area contributed by atoms with Crippen LogP contribution in [-0.2, 0) is 15.1 Å². The number of benzene rings is 1. The van der Waals surface area contributed by atoms with Gasteiger partial charge in [0.25, 0.3) is 0 Å². The van der Waals surface area contributed by atoms with Crippen LogP contribution in [0.5, 0.6) is 0 Å². The number of halogens is 1. The second kappa shape index (κ2) is 7.00. The summed E-state index contributed by atoms with van der Waals surface area (Å²) in [6, 6.07) is 9.98. The number of esters is 1. The molecule has 4 nitrogen and oxygen atoms in total. The topological polar surface area (TPSA) is 49.8 Å². The number of carbonyl (C=O) groups is 1. The van der Waals surface area contributed by atoms with Gasteiger partial charge in [-0.1, -0.05) is 43.2 Å². The first-order valence-corrected chi connectivity index (χ1v) is 11.4. The molecule has 3 saturated carbocycles. The van der Waals surface area contributed by atoms with E-state index in [4.69, 9.17) is 16.3 Å². The van der Waals surface area contributed by atoms with Gasteiger partial charge in [0, 0.05) is 30.8 Å². The SMILES string of the molecule is O=C(OC1C2CN(CCl)CC1C1(CC1)C2)C(O)(c1ccccc1)C1CCCC1. The lowest BCUT2D eigenvalue weighted by Crippen LogP contribution is -2.51. The minimum atomic E-state index is -1.53. The molecule has 1 spiro atoms. The van der Waals surface area contributed by atoms with Crippen molar-refractivity contribution in [2.24, 2.45) is 23.2 Å². The van der Waals surface area contributed by atoms with Crippen molar-refractivity contribution in [3.05, 3.63) is 35.9 Å². The van der Waals surface area contributed by atoms with Crippen LogP contribution in [0.2, 0.25) is 0 Å². The third-order valence-corrected chi connectivity index (χ3v) is 8.38. The number of nitrogens with zero attached hydrogens (tertiary/aromatic N) is 1. The standard InChI is InChI=1S/C23H30ClNO3/c24-15-25-13-16-12-22(10-11-22)19(14-25)20(16)28-21(26)23(27,18-8-4-5-9-18)17-6-2-1-3-7-17/h1-3,6-7,16,18-20,27H,4-5,8-15H2. The lowest BCUT2D eigenvalue weighted by Gasteiger charge is -2.40. The Labute approximate surface area is 172 Å². The molecule has 0 aromatic heterocycles. The monoisotopic (exact) mass is 403 g/mol. The molecule has 1 aromatic rings. The zero-order valence-corrected chi connectivity index (χ0v) is 17.1. The van der Waals surface area contributed by atoms with E-state index in [2.05, 4.69) is 4.90 Å². The Kier molecular flexibility index (Phi) is 4.72. The normalized spacial score (nSPS) is 33.7. The number of aliphatic hydroxyl groups is 1. The number of fused-ring (bicyclic) bond motifs is 3. The fourth-order valence-electron chi connectivity index (χ4n) is 6.40. The van der Waals surface area contributed by atoms with E-state index >= 15 is 0 Å². The summed E-state index contributed by atoms with van der Waals surface area (Å²) in [5.74, 6) is 0.214.